The lowest BCUT2D eigenvalue weighted by Gasteiger charge is -2.33. The van der Waals surface area contributed by atoms with Gasteiger partial charge in [0.05, 0.1) is 21.1 Å². The minimum absolute atomic E-state index is 0.174. The summed E-state index contributed by atoms with van der Waals surface area (Å²) in [4.78, 5) is 10.8. The third-order valence-electron chi connectivity index (χ3n) is 1.72. The fourth-order valence-electron chi connectivity index (χ4n) is 1.51. The average Bonchev–Trinajstić information content (AvgIpc) is 1.54. The molecule has 0 amide bonds. The quantitative estimate of drug-likeness (QED) is 0.620. The maximum absolute atomic E-state index is 10.8. The molecule has 0 unspecified atom stereocenters. The average molecular weight is 160 g/mol. The Morgan fingerprint density at radius 3 is 1.64 bits per heavy atom. The third-order valence-corrected chi connectivity index (χ3v) is 1.72. The van der Waals surface area contributed by atoms with Crippen molar-refractivity contribution in [3.8, 4) is 0 Å². The largest absolute Gasteiger partial charge is 0.477 e. The third kappa shape index (κ3) is 2.89. The molecule has 0 aliphatic heterocycles. The van der Waals surface area contributed by atoms with Crippen LogP contribution in [0.5, 0.6) is 0 Å². The molecule has 0 aromatic heterocycles. The predicted molar refractivity (Wildman–Crippen MR) is 44.3 cm³/mol. The topological polar surface area (TPSA) is 37.3 Å². The molecule has 11 heavy (non-hydrogen) atoms. The second kappa shape index (κ2) is 3.22. The van der Waals surface area contributed by atoms with Crippen molar-refractivity contribution < 1.29 is 14.4 Å². The van der Waals surface area contributed by atoms with Gasteiger partial charge in [0, 0.05) is 5.92 Å². The van der Waals surface area contributed by atoms with E-state index in [0.717, 1.165) is 0 Å². The van der Waals surface area contributed by atoms with Gasteiger partial charge in [0.25, 0.3) is 0 Å². The minimum atomic E-state index is -0.715. The molecule has 0 saturated heterocycles. The van der Waals surface area contributed by atoms with Crippen LogP contribution in [-0.4, -0.2) is 42.7 Å². The van der Waals surface area contributed by atoms with Crippen molar-refractivity contribution >= 4 is 5.97 Å². The number of rotatable bonds is 3. The molecule has 0 fully saturated rings. The van der Waals surface area contributed by atoms with E-state index < -0.39 is 5.97 Å². The lowest BCUT2D eigenvalue weighted by Crippen LogP contribution is -2.52. The monoisotopic (exact) mass is 160 g/mol. The van der Waals surface area contributed by atoms with E-state index in [0.29, 0.717) is 4.48 Å². The lowest BCUT2D eigenvalue weighted by atomic mass is 10.0. The first kappa shape index (κ1) is 10.4. The van der Waals surface area contributed by atoms with E-state index in [-0.39, 0.29) is 12.0 Å². The summed E-state index contributed by atoms with van der Waals surface area (Å²) in [6, 6.07) is -0.310. The maximum Gasteiger partial charge on any atom is 0.362 e. The van der Waals surface area contributed by atoms with Crippen LogP contribution in [0.15, 0.2) is 0 Å². The summed E-state index contributed by atoms with van der Waals surface area (Å²) in [7, 11) is 5.70. The van der Waals surface area contributed by atoms with E-state index in [1.165, 1.54) is 0 Å². The number of hydrogen-bond acceptors (Lipinski definition) is 1. The number of carboxylic acid groups (broad SMARTS) is 1. The highest BCUT2D eigenvalue weighted by atomic mass is 16.4. The summed E-state index contributed by atoms with van der Waals surface area (Å²) in [5.41, 5.74) is 0. The van der Waals surface area contributed by atoms with Crippen LogP contribution in [0, 0.1) is 5.92 Å². The minimum Gasteiger partial charge on any atom is -0.477 e. The molecule has 0 aliphatic rings. The van der Waals surface area contributed by atoms with Gasteiger partial charge in [-0.2, -0.15) is 0 Å². The van der Waals surface area contributed by atoms with Crippen molar-refractivity contribution in [2.75, 3.05) is 21.1 Å². The molecule has 0 bridgehead atoms. The zero-order valence-corrected chi connectivity index (χ0v) is 7.96. The summed E-state index contributed by atoms with van der Waals surface area (Å²) in [6.07, 6.45) is 0. The SMILES string of the molecule is CC(C)[C@@H](C(=O)O)[N+](C)(C)C. The van der Waals surface area contributed by atoms with E-state index in [9.17, 15) is 4.79 Å². The van der Waals surface area contributed by atoms with Gasteiger partial charge in [0.1, 0.15) is 0 Å². The maximum atomic E-state index is 10.8. The molecular weight excluding hydrogens is 142 g/mol. The molecule has 0 radical (unpaired) electrons. The van der Waals surface area contributed by atoms with Gasteiger partial charge in [-0.05, 0) is 0 Å². The number of carbonyl (C=O) groups is 1. The summed E-state index contributed by atoms with van der Waals surface area (Å²) in [5.74, 6) is -0.542. The van der Waals surface area contributed by atoms with Crippen LogP contribution in [0.2, 0.25) is 0 Å². The van der Waals surface area contributed by atoms with Gasteiger partial charge >= 0.3 is 5.97 Å². The van der Waals surface area contributed by atoms with Crippen molar-refractivity contribution in [3.63, 3.8) is 0 Å². The summed E-state index contributed by atoms with van der Waals surface area (Å²) < 4.78 is 0.479. The summed E-state index contributed by atoms with van der Waals surface area (Å²) >= 11 is 0. The van der Waals surface area contributed by atoms with E-state index in [4.69, 9.17) is 5.11 Å². The molecule has 0 aromatic carbocycles. The number of quaternary nitrogens is 1. The van der Waals surface area contributed by atoms with Crippen LogP contribution < -0.4 is 0 Å². The van der Waals surface area contributed by atoms with Crippen LogP contribution >= 0.6 is 0 Å². The zero-order valence-electron chi connectivity index (χ0n) is 7.96. The van der Waals surface area contributed by atoms with Crippen molar-refractivity contribution in [1.82, 2.24) is 0 Å². The molecule has 1 N–H and O–H groups in total. The number of aliphatic carboxylic acids is 1. The Balaban J connectivity index is 4.49. The highest BCUT2D eigenvalue weighted by molar-refractivity contribution is 5.72. The first-order chi connectivity index (χ1) is 4.76. The molecule has 0 spiro atoms. The van der Waals surface area contributed by atoms with Gasteiger partial charge in [0.2, 0.25) is 0 Å². The Morgan fingerprint density at radius 1 is 1.27 bits per heavy atom. The van der Waals surface area contributed by atoms with Crippen LogP contribution in [0.4, 0.5) is 0 Å². The molecule has 3 nitrogen and oxygen atoms in total. The highest BCUT2D eigenvalue weighted by Crippen LogP contribution is 2.13. The summed E-state index contributed by atoms with van der Waals surface area (Å²) in [6.45, 7) is 3.87. The van der Waals surface area contributed by atoms with Crippen LogP contribution in [-0.2, 0) is 4.79 Å². The fraction of sp³-hybridized carbons (Fsp3) is 0.875. The second-order valence-corrected chi connectivity index (χ2v) is 4.14. The number of nitrogens with zero attached hydrogens (tertiary/aromatic N) is 1. The molecule has 0 aliphatic carbocycles. The Kier molecular flexibility index (Phi) is 3.05. The Bertz CT molecular complexity index is 147. The smallest absolute Gasteiger partial charge is 0.362 e. The second-order valence-electron chi connectivity index (χ2n) is 4.14. The Labute approximate surface area is 68.2 Å². The van der Waals surface area contributed by atoms with Crippen LogP contribution in [0.25, 0.3) is 0 Å². The molecule has 0 heterocycles. The standard InChI is InChI=1S/C8H17NO2/c1-6(2)7(8(10)11)9(3,4)5/h6-7H,1-5H3/p+1/t7-/m0/s1. The van der Waals surface area contributed by atoms with Gasteiger partial charge in [-0.15, -0.1) is 0 Å². The van der Waals surface area contributed by atoms with Crippen LogP contribution in [0.1, 0.15) is 13.8 Å². The van der Waals surface area contributed by atoms with E-state index in [1.54, 1.807) is 0 Å². The molecule has 0 rings (SSSR count). The lowest BCUT2D eigenvalue weighted by molar-refractivity contribution is -0.890. The number of likely N-dealkylation sites (N-methyl/N-ethyl adjacent to an activating group) is 1. The zero-order chi connectivity index (χ0) is 9.23. The van der Waals surface area contributed by atoms with Crippen molar-refractivity contribution in [3.05, 3.63) is 0 Å². The van der Waals surface area contributed by atoms with E-state index in [2.05, 4.69) is 0 Å². The van der Waals surface area contributed by atoms with Gasteiger partial charge in [-0.25, -0.2) is 4.79 Å². The Morgan fingerprint density at radius 2 is 1.64 bits per heavy atom. The van der Waals surface area contributed by atoms with Gasteiger partial charge < -0.3 is 9.59 Å². The van der Waals surface area contributed by atoms with Gasteiger partial charge in [-0.3, -0.25) is 0 Å². The fourth-order valence-corrected chi connectivity index (χ4v) is 1.51. The van der Waals surface area contributed by atoms with E-state index >= 15 is 0 Å². The molecule has 0 aromatic rings. The highest BCUT2D eigenvalue weighted by Gasteiger charge is 2.33. The number of hydrogen-bond donors (Lipinski definition) is 1. The first-order valence-corrected chi connectivity index (χ1v) is 3.80. The normalized spacial score (nSPS) is 15.1. The van der Waals surface area contributed by atoms with Crippen molar-refractivity contribution in [1.29, 1.82) is 0 Å². The predicted octanol–water partition coefficient (Wildman–Crippen LogP) is 0.802. The molecule has 66 valence electrons. The molecular formula is C8H18NO2+. The Hall–Kier alpha value is -0.570. The van der Waals surface area contributed by atoms with Gasteiger partial charge in [-0.1, -0.05) is 13.8 Å². The summed E-state index contributed by atoms with van der Waals surface area (Å²) in [5, 5.41) is 8.86. The van der Waals surface area contributed by atoms with Crippen molar-refractivity contribution in [2.45, 2.75) is 19.9 Å². The van der Waals surface area contributed by atoms with Crippen LogP contribution in [0.3, 0.4) is 0 Å². The molecule has 1 atom stereocenters. The van der Waals surface area contributed by atoms with E-state index in [1.807, 2.05) is 35.0 Å². The van der Waals surface area contributed by atoms with Crippen molar-refractivity contribution in [2.24, 2.45) is 5.92 Å². The number of carboxylic acids is 1. The first-order valence-electron chi connectivity index (χ1n) is 3.80. The molecule has 3 heteroatoms. The molecule has 0 saturated carbocycles. The van der Waals surface area contributed by atoms with Gasteiger partial charge in [0.15, 0.2) is 6.04 Å².